The minimum atomic E-state index is -0.855. The second-order valence-corrected chi connectivity index (χ2v) is 9.51. The summed E-state index contributed by atoms with van der Waals surface area (Å²) in [5.41, 5.74) is 4.40. The molecule has 1 aliphatic heterocycles. The van der Waals surface area contributed by atoms with Gasteiger partial charge in [-0.1, -0.05) is 30.7 Å². The van der Waals surface area contributed by atoms with E-state index < -0.39 is 5.97 Å². The van der Waals surface area contributed by atoms with Crippen molar-refractivity contribution >= 4 is 40.2 Å². The molecule has 3 aromatic rings. The van der Waals surface area contributed by atoms with Crippen molar-refractivity contribution < 1.29 is 14.6 Å². The first-order valence-electron chi connectivity index (χ1n) is 9.80. The second kappa shape index (κ2) is 7.96. The van der Waals surface area contributed by atoms with Gasteiger partial charge in [-0.05, 0) is 61.6 Å². The molecule has 1 N–H and O–H groups in total. The highest BCUT2D eigenvalue weighted by molar-refractivity contribution is 8.00. The zero-order chi connectivity index (χ0) is 20.7. The van der Waals surface area contributed by atoms with Crippen molar-refractivity contribution in [3.63, 3.8) is 0 Å². The van der Waals surface area contributed by atoms with E-state index in [0.717, 1.165) is 51.3 Å². The molecule has 0 saturated carbocycles. The number of rotatable bonds is 6. The Morgan fingerprint density at radius 3 is 2.72 bits per heavy atom. The molecule has 0 fully saturated rings. The normalized spacial score (nSPS) is 15.7. The van der Waals surface area contributed by atoms with Gasteiger partial charge < -0.3 is 14.4 Å². The maximum absolute atomic E-state index is 12.1. The van der Waals surface area contributed by atoms with Crippen molar-refractivity contribution in [2.24, 2.45) is 0 Å². The number of halogens is 1. The highest BCUT2D eigenvalue weighted by Crippen LogP contribution is 2.40. The van der Waals surface area contributed by atoms with E-state index in [4.69, 9.17) is 16.3 Å². The van der Waals surface area contributed by atoms with Crippen LogP contribution in [0.25, 0.3) is 10.9 Å². The number of aryl methyl sites for hydroxylation is 3. The molecule has 29 heavy (non-hydrogen) atoms. The minimum absolute atomic E-state index is 0.353. The van der Waals surface area contributed by atoms with Crippen LogP contribution in [-0.4, -0.2) is 27.5 Å². The quantitative estimate of drug-likeness (QED) is 0.480. The Bertz CT molecular complexity index is 1080. The summed E-state index contributed by atoms with van der Waals surface area (Å²) in [4.78, 5) is 13.3. The number of hydrogen-bond donors (Lipinski definition) is 1. The fourth-order valence-corrected chi connectivity index (χ4v) is 5.42. The predicted octanol–water partition coefficient (Wildman–Crippen LogP) is 6.12. The average molecular weight is 430 g/mol. The first-order chi connectivity index (χ1) is 13.9. The molecule has 152 valence electrons. The Morgan fingerprint density at radius 2 is 2.03 bits per heavy atom. The van der Waals surface area contributed by atoms with E-state index in [9.17, 15) is 9.90 Å². The molecule has 1 atom stereocenters. The number of nitrogens with zero attached hydrogens (tertiary/aromatic N) is 1. The molecular weight excluding hydrogens is 406 g/mol. The van der Waals surface area contributed by atoms with Crippen molar-refractivity contribution in [2.75, 3.05) is 6.61 Å². The number of aromatic nitrogens is 1. The van der Waals surface area contributed by atoms with Crippen LogP contribution in [0.2, 0.25) is 5.02 Å². The van der Waals surface area contributed by atoms with Crippen molar-refractivity contribution in [3.8, 4) is 5.75 Å². The summed E-state index contributed by atoms with van der Waals surface area (Å²) in [6.45, 7) is 7.32. The molecule has 0 aliphatic carbocycles. The van der Waals surface area contributed by atoms with Gasteiger partial charge in [0.25, 0.3) is 0 Å². The van der Waals surface area contributed by atoms with Crippen LogP contribution >= 0.6 is 23.4 Å². The van der Waals surface area contributed by atoms with Gasteiger partial charge in [0.1, 0.15) is 11.4 Å². The SMILES string of the molecule is Cc1cc(OCCCc2c(C(=O)O)n3c4c(cccc24)SC(C)C3)cc(C)c1Cl. The Labute approximate surface area is 179 Å². The molecule has 1 aliphatic rings. The Kier molecular flexibility index (Phi) is 5.54. The van der Waals surface area contributed by atoms with Gasteiger partial charge in [0.15, 0.2) is 0 Å². The Balaban J connectivity index is 1.57. The molecule has 4 nitrogen and oxygen atoms in total. The number of carboxylic acids is 1. The van der Waals surface area contributed by atoms with Crippen LogP contribution in [0.1, 0.15) is 40.5 Å². The van der Waals surface area contributed by atoms with Gasteiger partial charge in [-0.3, -0.25) is 0 Å². The van der Waals surface area contributed by atoms with Gasteiger partial charge in [-0.15, -0.1) is 11.8 Å². The van der Waals surface area contributed by atoms with Crippen LogP contribution in [0, 0.1) is 13.8 Å². The number of carbonyl (C=O) groups is 1. The van der Waals surface area contributed by atoms with Gasteiger partial charge in [0, 0.05) is 27.1 Å². The van der Waals surface area contributed by atoms with E-state index in [0.29, 0.717) is 24.0 Å². The van der Waals surface area contributed by atoms with Gasteiger partial charge in [-0.2, -0.15) is 0 Å². The van der Waals surface area contributed by atoms with E-state index in [1.165, 1.54) is 4.90 Å². The molecule has 6 heteroatoms. The molecule has 0 bridgehead atoms. The van der Waals surface area contributed by atoms with Crippen molar-refractivity contribution in [1.82, 2.24) is 4.57 Å². The Morgan fingerprint density at radius 1 is 1.31 bits per heavy atom. The first-order valence-corrected chi connectivity index (χ1v) is 11.1. The summed E-state index contributed by atoms with van der Waals surface area (Å²) in [5, 5.41) is 12.1. The summed E-state index contributed by atoms with van der Waals surface area (Å²) in [6.07, 6.45) is 1.41. The molecule has 0 spiro atoms. The monoisotopic (exact) mass is 429 g/mol. The lowest BCUT2D eigenvalue weighted by Crippen LogP contribution is -2.19. The van der Waals surface area contributed by atoms with Crippen molar-refractivity contribution in [2.45, 2.75) is 50.3 Å². The second-order valence-electron chi connectivity index (χ2n) is 7.65. The molecule has 2 heterocycles. The molecular formula is C23H24ClNO3S. The number of aromatic carboxylic acids is 1. The first kappa shape index (κ1) is 20.2. The van der Waals surface area contributed by atoms with E-state index in [2.05, 4.69) is 13.0 Å². The van der Waals surface area contributed by atoms with Crippen molar-refractivity contribution in [1.29, 1.82) is 0 Å². The predicted molar refractivity (Wildman–Crippen MR) is 119 cm³/mol. The maximum Gasteiger partial charge on any atom is 0.352 e. The highest BCUT2D eigenvalue weighted by Gasteiger charge is 2.28. The van der Waals surface area contributed by atoms with Gasteiger partial charge in [0.2, 0.25) is 0 Å². The van der Waals surface area contributed by atoms with E-state index in [1.54, 1.807) is 0 Å². The third kappa shape index (κ3) is 3.74. The standard InChI is InChI=1S/C23H24ClNO3S/c1-13-10-16(11-14(2)20(13)24)28-9-5-7-18-17-6-4-8-19-21(17)25(12-15(3)29-19)22(18)23(26)27/h4,6,8,10-11,15H,5,7,9,12H2,1-3H3,(H,26,27). The summed E-state index contributed by atoms with van der Waals surface area (Å²) < 4.78 is 7.92. The number of thioether (sulfide) groups is 1. The van der Waals surface area contributed by atoms with Crippen LogP contribution in [0.4, 0.5) is 0 Å². The molecule has 2 aromatic carbocycles. The smallest absolute Gasteiger partial charge is 0.352 e. The zero-order valence-electron chi connectivity index (χ0n) is 16.8. The number of para-hydroxylation sites is 1. The zero-order valence-corrected chi connectivity index (χ0v) is 18.4. The summed E-state index contributed by atoms with van der Waals surface area (Å²) in [5.74, 6) is -0.0539. The molecule has 1 aromatic heterocycles. The lowest BCUT2D eigenvalue weighted by Gasteiger charge is -2.22. The van der Waals surface area contributed by atoms with Crippen LogP contribution in [0.15, 0.2) is 35.2 Å². The lowest BCUT2D eigenvalue weighted by atomic mass is 10.1. The molecule has 0 saturated heterocycles. The van der Waals surface area contributed by atoms with Gasteiger partial charge in [0.05, 0.1) is 12.1 Å². The third-order valence-electron chi connectivity index (χ3n) is 5.37. The number of ether oxygens (including phenoxy) is 1. The van der Waals surface area contributed by atoms with Gasteiger partial charge >= 0.3 is 5.97 Å². The van der Waals surface area contributed by atoms with Crippen LogP contribution < -0.4 is 4.74 Å². The minimum Gasteiger partial charge on any atom is -0.494 e. The molecule has 1 unspecified atom stereocenters. The lowest BCUT2D eigenvalue weighted by molar-refractivity contribution is 0.0684. The van der Waals surface area contributed by atoms with Crippen LogP contribution in [0.5, 0.6) is 5.75 Å². The van der Waals surface area contributed by atoms with E-state index in [1.807, 2.05) is 54.4 Å². The van der Waals surface area contributed by atoms with Crippen LogP contribution in [-0.2, 0) is 13.0 Å². The largest absolute Gasteiger partial charge is 0.494 e. The maximum atomic E-state index is 12.1. The summed E-state index contributed by atoms with van der Waals surface area (Å²) in [6, 6.07) is 10.0. The Hall–Kier alpha value is -2.11. The molecule has 0 radical (unpaired) electrons. The number of hydrogen-bond acceptors (Lipinski definition) is 3. The molecule has 4 rings (SSSR count). The van der Waals surface area contributed by atoms with Crippen LogP contribution in [0.3, 0.4) is 0 Å². The van der Waals surface area contributed by atoms with E-state index >= 15 is 0 Å². The fraction of sp³-hybridized carbons (Fsp3) is 0.348. The fourth-order valence-electron chi connectivity index (χ4n) is 4.16. The highest BCUT2D eigenvalue weighted by atomic mass is 35.5. The third-order valence-corrected chi connectivity index (χ3v) is 7.10. The van der Waals surface area contributed by atoms with Crippen molar-refractivity contribution in [3.05, 3.63) is 57.7 Å². The summed E-state index contributed by atoms with van der Waals surface area (Å²) >= 11 is 8.04. The van der Waals surface area contributed by atoms with Gasteiger partial charge in [-0.25, -0.2) is 4.79 Å². The number of carboxylic acid groups (broad SMARTS) is 1. The van der Waals surface area contributed by atoms with E-state index in [-0.39, 0.29) is 0 Å². The average Bonchev–Trinajstić information content (AvgIpc) is 2.98. The topological polar surface area (TPSA) is 51.5 Å². The molecule has 0 amide bonds. The number of benzene rings is 2. The summed E-state index contributed by atoms with van der Waals surface area (Å²) in [7, 11) is 0.